The van der Waals surface area contributed by atoms with Gasteiger partial charge in [-0.25, -0.2) is 0 Å². The van der Waals surface area contributed by atoms with E-state index in [1.54, 1.807) is 12.2 Å². The number of carbonyl (C=O) groups excluding carboxylic acids is 1. The van der Waals surface area contributed by atoms with Gasteiger partial charge in [0.2, 0.25) is 5.91 Å². The van der Waals surface area contributed by atoms with Crippen molar-refractivity contribution >= 4 is 41.0 Å². The molecule has 2 heterocycles. The maximum atomic E-state index is 12.4. The molecule has 2 aromatic carbocycles. The normalized spacial score (nSPS) is 14.6. The van der Waals surface area contributed by atoms with Crippen molar-refractivity contribution in [3.63, 3.8) is 0 Å². The zero-order valence-electron chi connectivity index (χ0n) is 14.4. The largest absolute Gasteiger partial charge is 0.457 e. The number of fused-ring (bicyclic) bond motifs is 1. The van der Waals surface area contributed by atoms with Gasteiger partial charge in [-0.15, -0.1) is 12.4 Å². The molecule has 0 unspecified atom stereocenters. The molecule has 0 N–H and O–H groups in total. The highest BCUT2D eigenvalue weighted by molar-refractivity contribution is 5.92. The zero-order chi connectivity index (χ0) is 17.1. The number of nitrogens with zero attached hydrogens (tertiary/aromatic N) is 2. The number of piperazine rings is 1. The number of halogens is 1. The first kappa shape index (κ1) is 18.1. The van der Waals surface area contributed by atoms with Crippen molar-refractivity contribution in [1.82, 2.24) is 4.90 Å². The molecule has 1 amide bonds. The molecule has 0 aliphatic carbocycles. The summed E-state index contributed by atoms with van der Waals surface area (Å²) < 4.78 is 5.71. The number of furan rings is 1. The lowest BCUT2D eigenvalue weighted by atomic mass is 10.2. The number of hydrogen-bond acceptors (Lipinski definition) is 3. The lowest BCUT2D eigenvalue weighted by Crippen LogP contribution is -2.48. The third-order valence-electron chi connectivity index (χ3n) is 4.55. The predicted octanol–water partition coefficient (Wildman–Crippen LogP) is 4.22. The summed E-state index contributed by atoms with van der Waals surface area (Å²) in [4.78, 5) is 16.6. The Morgan fingerprint density at radius 2 is 1.62 bits per heavy atom. The van der Waals surface area contributed by atoms with Gasteiger partial charge in [0.25, 0.3) is 0 Å². The van der Waals surface area contributed by atoms with Gasteiger partial charge >= 0.3 is 0 Å². The first-order chi connectivity index (χ1) is 12.3. The summed E-state index contributed by atoms with van der Waals surface area (Å²) in [6.45, 7) is 3.18. The fraction of sp³-hybridized carbons (Fsp3) is 0.190. The quantitative estimate of drug-likeness (QED) is 0.649. The van der Waals surface area contributed by atoms with Crippen molar-refractivity contribution in [2.24, 2.45) is 0 Å². The average molecular weight is 369 g/mol. The third kappa shape index (κ3) is 3.92. The molecule has 0 atom stereocenters. The van der Waals surface area contributed by atoms with Crippen molar-refractivity contribution in [3.05, 3.63) is 72.5 Å². The lowest BCUT2D eigenvalue weighted by molar-refractivity contribution is -0.126. The highest BCUT2D eigenvalue weighted by Gasteiger charge is 2.19. The second-order valence-corrected chi connectivity index (χ2v) is 6.17. The van der Waals surface area contributed by atoms with E-state index in [9.17, 15) is 4.79 Å². The second kappa shape index (κ2) is 8.11. The summed E-state index contributed by atoms with van der Waals surface area (Å²) in [5.41, 5.74) is 2.05. The molecule has 4 nitrogen and oxygen atoms in total. The van der Waals surface area contributed by atoms with E-state index in [0.717, 1.165) is 37.1 Å². The molecule has 5 heteroatoms. The predicted molar refractivity (Wildman–Crippen MR) is 108 cm³/mol. The van der Waals surface area contributed by atoms with Gasteiger partial charge in [0, 0.05) is 43.3 Å². The monoisotopic (exact) mass is 368 g/mol. The lowest BCUT2D eigenvalue weighted by Gasteiger charge is -2.35. The summed E-state index contributed by atoms with van der Waals surface area (Å²) in [7, 11) is 0. The smallest absolute Gasteiger partial charge is 0.246 e. The Morgan fingerprint density at radius 1 is 0.923 bits per heavy atom. The van der Waals surface area contributed by atoms with E-state index in [1.807, 2.05) is 53.4 Å². The first-order valence-electron chi connectivity index (χ1n) is 8.55. The Hall–Kier alpha value is -2.72. The fourth-order valence-electron chi connectivity index (χ4n) is 3.17. The van der Waals surface area contributed by atoms with Crippen LogP contribution in [0.3, 0.4) is 0 Å². The maximum absolute atomic E-state index is 12.4. The summed E-state index contributed by atoms with van der Waals surface area (Å²) in [6.07, 6.45) is 3.36. The van der Waals surface area contributed by atoms with Gasteiger partial charge in [0.15, 0.2) is 0 Å². The number of anilines is 1. The molecule has 0 bridgehead atoms. The van der Waals surface area contributed by atoms with E-state index in [0.29, 0.717) is 5.76 Å². The van der Waals surface area contributed by atoms with Gasteiger partial charge in [-0.2, -0.15) is 0 Å². The number of benzene rings is 2. The number of amides is 1. The van der Waals surface area contributed by atoms with Gasteiger partial charge in [0.05, 0.1) is 0 Å². The molecule has 1 saturated heterocycles. The molecule has 1 aliphatic heterocycles. The molecular formula is C21H21ClN2O2. The number of carbonyl (C=O) groups is 1. The van der Waals surface area contributed by atoms with E-state index in [-0.39, 0.29) is 18.3 Å². The summed E-state index contributed by atoms with van der Waals surface area (Å²) in [5.74, 6) is 0.741. The Kier molecular flexibility index (Phi) is 5.64. The summed E-state index contributed by atoms with van der Waals surface area (Å²) in [5, 5.41) is 1.05. The van der Waals surface area contributed by atoms with Gasteiger partial charge in [-0.3, -0.25) is 4.79 Å². The van der Waals surface area contributed by atoms with E-state index in [4.69, 9.17) is 4.42 Å². The Morgan fingerprint density at radius 3 is 2.35 bits per heavy atom. The Labute approximate surface area is 159 Å². The summed E-state index contributed by atoms with van der Waals surface area (Å²) >= 11 is 0. The second-order valence-electron chi connectivity index (χ2n) is 6.17. The standard InChI is InChI=1S/C21H20N2O2.ClH/c24-21(11-10-19-16-17-6-4-5-9-20(17)25-19)23-14-12-22(13-15-23)18-7-2-1-3-8-18;/h1-11,16H,12-15H2;1H/b11-10+;. The topological polar surface area (TPSA) is 36.7 Å². The van der Waals surface area contributed by atoms with Crippen LogP contribution in [0.4, 0.5) is 5.69 Å². The minimum Gasteiger partial charge on any atom is -0.457 e. The minimum atomic E-state index is 0. The molecule has 1 aliphatic rings. The average Bonchev–Trinajstić information content (AvgIpc) is 3.10. The molecule has 0 saturated carbocycles. The molecule has 26 heavy (non-hydrogen) atoms. The van der Waals surface area contributed by atoms with Crippen LogP contribution in [0.1, 0.15) is 5.76 Å². The minimum absolute atomic E-state index is 0. The summed E-state index contributed by atoms with van der Waals surface area (Å²) in [6, 6.07) is 20.1. The SMILES string of the molecule is Cl.O=C(/C=C/c1cc2ccccc2o1)N1CCN(c2ccccc2)CC1. The molecule has 0 spiro atoms. The van der Waals surface area contributed by atoms with Crippen LogP contribution >= 0.6 is 12.4 Å². The van der Waals surface area contributed by atoms with E-state index in [1.165, 1.54) is 5.69 Å². The van der Waals surface area contributed by atoms with Crippen molar-refractivity contribution in [2.75, 3.05) is 31.1 Å². The molecule has 1 aromatic heterocycles. The molecule has 134 valence electrons. The van der Waals surface area contributed by atoms with Crippen molar-refractivity contribution in [3.8, 4) is 0 Å². The van der Waals surface area contributed by atoms with Crippen molar-refractivity contribution in [2.45, 2.75) is 0 Å². The number of para-hydroxylation sites is 2. The van der Waals surface area contributed by atoms with E-state index < -0.39 is 0 Å². The molecule has 4 rings (SSSR count). The Bertz CT molecular complexity index is 864. The van der Waals surface area contributed by atoms with E-state index >= 15 is 0 Å². The maximum Gasteiger partial charge on any atom is 0.246 e. The van der Waals surface area contributed by atoms with Gasteiger partial charge in [-0.05, 0) is 30.3 Å². The van der Waals surface area contributed by atoms with Crippen LogP contribution < -0.4 is 4.90 Å². The van der Waals surface area contributed by atoms with Crippen LogP contribution in [0.25, 0.3) is 17.0 Å². The molecule has 0 radical (unpaired) electrons. The molecule has 3 aromatic rings. The number of rotatable bonds is 3. The zero-order valence-corrected chi connectivity index (χ0v) is 15.2. The van der Waals surface area contributed by atoms with Crippen LogP contribution in [0.2, 0.25) is 0 Å². The highest BCUT2D eigenvalue weighted by Crippen LogP contribution is 2.20. The van der Waals surface area contributed by atoms with Crippen LogP contribution in [0.15, 0.2) is 71.2 Å². The highest BCUT2D eigenvalue weighted by atomic mass is 35.5. The van der Waals surface area contributed by atoms with E-state index in [2.05, 4.69) is 17.0 Å². The fourth-order valence-corrected chi connectivity index (χ4v) is 3.17. The van der Waals surface area contributed by atoms with Crippen molar-refractivity contribution in [1.29, 1.82) is 0 Å². The molecular weight excluding hydrogens is 348 g/mol. The first-order valence-corrected chi connectivity index (χ1v) is 8.55. The van der Waals surface area contributed by atoms with Crippen molar-refractivity contribution < 1.29 is 9.21 Å². The molecule has 1 fully saturated rings. The van der Waals surface area contributed by atoms with Crippen LogP contribution in [0, 0.1) is 0 Å². The van der Waals surface area contributed by atoms with Gasteiger partial charge < -0.3 is 14.2 Å². The van der Waals surface area contributed by atoms with Crippen LogP contribution in [-0.2, 0) is 4.79 Å². The number of hydrogen-bond donors (Lipinski definition) is 0. The van der Waals surface area contributed by atoms with Gasteiger partial charge in [0.1, 0.15) is 11.3 Å². The Balaban J connectivity index is 0.00000196. The van der Waals surface area contributed by atoms with Gasteiger partial charge in [-0.1, -0.05) is 36.4 Å². The third-order valence-corrected chi connectivity index (χ3v) is 4.55. The van der Waals surface area contributed by atoms with Crippen LogP contribution in [-0.4, -0.2) is 37.0 Å². The van der Waals surface area contributed by atoms with Crippen LogP contribution in [0.5, 0.6) is 0 Å².